The lowest BCUT2D eigenvalue weighted by Gasteiger charge is -2.18. The third-order valence-electron chi connectivity index (χ3n) is 3.55. The Kier molecular flexibility index (Phi) is 6.75. The quantitative estimate of drug-likeness (QED) is 0.811. The summed E-state index contributed by atoms with van der Waals surface area (Å²) in [7, 11) is 0. The van der Waals surface area contributed by atoms with Crippen LogP contribution in [0.15, 0.2) is 18.2 Å². The van der Waals surface area contributed by atoms with Gasteiger partial charge in [-0.3, -0.25) is 4.79 Å². The minimum atomic E-state index is -0.904. The van der Waals surface area contributed by atoms with Gasteiger partial charge in [0.1, 0.15) is 0 Å². The van der Waals surface area contributed by atoms with E-state index in [1.54, 1.807) is 6.92 Å². The lowest BCUT2D eigenvalue weighted by Crippen LogP contribution is -2.31. The van der Waals surface area contributed by atoms with Gasteiger partial charge in [-0.15, -0.1) is 0 Å². The molecule has 3 N–H and O–H groups in total. The Bertz CT molecular complexity index is 477. The molecule has 0 bridgehead atoms. The summed E-state index contributed by atoms with van der Waals surface area (Å²) in [4.78, 5) is 12.0. The monoisotopic (exact) mass is 298 g/mol. The summed E-state index contributed by atoms with van der Waals surface area (Å²) < 4.78 is 26.1. The molecular formula is C16H24F2N2O. The Hall–Kier alpha value is -1.49. The molecule has 0 aliphatic carbocycles. The molecule has 0 aliphatic rings. The van der Waals surface area contributed by atoms with Crippen LogP contribution in [0.2, 0.25) is 0 Å². The van der Waals surface area contributed by atoms with Gasteiger partial charge in [-0.05, 0) is 44.4 Å². The van der Waals surface area contributed by atoms with Gasteiger partial charge >= 0.3 is 0 Å². The first-order chi connectivity index (χ1) is 9.81. The summed E-state index contributed by atoms with van der Waals surface area (Å²) in [6, 6.07) is 3.44. The van der Waals surface area contributed by atoms with E-state index in [1.807, 2.05) is 13.8 Å². The standard InChI is InChI=1S/C16H24F2N2O/c1-10(5-4-6-11(2)19)16(21)20-12(3)13-7-8-14(17)15(18)9-13/h7-12H,4-6,19H2,1-3H3,(H,20,21). The van der Waals surface area contributed by atoms with Crippen molar-refractivity contribution >= 4 is 5.91 Å². The number of amides is 1. The lowest BCUT2D eigenvalue weighted by atomic mass is 10.0. The molecule has 1 aromatic rings. The predicted molar refractivity (Wildman–Crippen MR) is 79.6 cm³/mol. The highest BCUT2D eigenvalue weighted by atomic mass is 19.2. The van der Waals surface area contributed by atoms with Crippen LogP contribution in [0.5, 0.6) is 0 Å². The van der Waals surface area contributed by atoms with Crippen LogP contribution in [-0.2, 0) is 4.79 Å². The van der Waals surface area contributed by atoms with Crippen molar-refractivity contribution in [3.8, 4) is 0 Å². The zero-order valence-corrected chi connectivity index (χ0v) is 12.8. The summed E-state index contributed by atoms with van der Waals surface area (Å²) in [6.45, 7) is 5.55. The van der Waals surface area contributed by atoms with Crippen LogP contribution in [0.25, 0.3) is 0 Å². The van der Waals surface area contributed by atoms with E-state index in [4.69, 9.17) is 5.73 Å². The number of carbonyl (C=O) groups excluding carboxylic acids is 1. The summed E-state index contributed by atoms with van der Waals surface area (Å²) >= 11 is 0. The molecule has 0 saturated carbocycles. The van der Waals surface area contributed by atoms with Gasteiger partial charge in [-0.25, -0.2) is 8.78 Å². The van der Waals surface area contributed by atoms with Gasteiger partial charge in [0.2, 0.25) is 5.91 Å². The molecule has 0 fully saturated rings. The molecule has 0 aromatic heterocycles. The maximum absolute atomic E-state index is 13.2. The molecule has 0 saturated heterocycles. The van der Waals surface area contributed by atoms with Gasteiger partial charge in [0.15, 0.2) is 11.6 Å². The fourth-order valence-electron chi connectivity index (χ4n) is 2.10. The predicted octanol–water partition coefficient (Wildman–Crippen LogP) is 3.30. The summed E-state index contributed by atoms with van der Waals surface area (Å²) in [5.41, 5.74) is 6.22. The second kappa shape index (κ2) is 8.08. The molecule has 0 aliphatic heterocycles. The zero-order valence-electron chi connectivity index (χ0n) is 12.8. The van der Waals surface area contributed by atoms with Crippen LogP contribution in [0, 0.1) is 17.6 Å². The number of nitrogens with two attached hydrogens (primary N) is 1. The summed E-state index contributed by atoms with van der Waals surface area (Å²) in [5.74, 6) is -2.01. The van der Waals surface area contributed by atoms with Gasteiger partial charge < -0.3 is 11.1 Å². The number of hydrogen-bond donors (Lipinski definition) is 2. The Labute approximate surface area is 124 Å². The van der Waals surface area contributed by atoms with E-state index in [1.165, 1.54) is 6.07 Å². The molecular weight excluding hydrogens is 274 g/mol. The van der Waals surface area contributed by atoms with Crippen LogP contribution in [0.3, 0.4) is 0 Å². The SMILES string of the molecule is CC(N)CCCC(C)C(=O)NC(C)c1ccc(F)c(F)c1. The van der Waals surface area contributed by atoms with E-state index < -0.39 is 11.6 Å². The maximum atomic E-state index is 13.2. The number of rotatable bonds is 7. The molecule has 1 rings (SSSR count). The van der Waals surface area contributed by atoms with E-state index in [0.29, 0.717) is 5.56 Å². The third kappa shape index (κ3) is 5.79. The molecule has 0 spiro atoms. The van der Waals surface area contributed by atoms with E-state index >= 15 is 0 Å². The van der Waals surface area contributed by atoms with Crippen LogP contribution < -0.4 is 11.1 Å². The first-order valence-electron chi connectivity index (χ1n) is 7.32. The second-order valence-electron chi connectivity index (χ2n) is 5.71. The number of benzene rings is 1. The van der Waals surface area contributed by atoms with Crippen molar-refractivity contribution < 1.29 is 13.6 Å². The van der Waals surface area contributed by atoms with Gasteiger partial charge in [0.25, 0.3) is 0 Å². The Morgan fingerprint density at radius 3 is 2.43 bits per heavy atom. The Morgan fingerprint density at radius 1 is 1.19 bits per heavy atom. The average Bonchev–Trinajstić information content (AvgIpc) is 2.41. The van der Waals surface area contributed by atoms with Gasteiger partial charge in [0.05, 0.1) is 6.04 Å². The van der Waals surface area contributed by atoms with Gasteiger partial charge in [-0.2, -0.15) is 0 Å². The van der Waals surface area contributed by atoms with Crippen molar-refractivity contribution in [3.05, 3.63) is 35.4 Å². The topological polar surface area (TPSA) is 55.1 Å². The van der Waals surface area contributed by atoms with Crippen molar-refractivity contribution in [1.82, 2.24) is 5.32 Å². The van der Waals surface area contributed by atoms with E-state index in [2.05, 4.69) is 5.32 Å². The summed E-state index contributed by atoms with van der Waals surface area (Å²) in [6.07, 6.45) is 2.54. The van der Waals surface area contributed by atoms with Crippen molar-refractivity contribution in [1.29, 1.82) is 0 Å². The normalized spacial score (nSPS) is 15.3. The fourth-order valence-corrected chi connectivity index (χ4v) is 2.10. The largest absolute Gasteiger partial charge is 0.349 e. The highest BCUT2D eigenvalue weighted by molar-refractivity contribution is 5.78. The number of carbonyl (C=O) groups is 1. The van der Waals surface area contributed by atoms with Gasteiger partial charge in [-0.1, -0.05) is 19.4 Å². The van der Waals surface area contributed by atoms with Crippen LogP contribution in [0.4, 0.5) is 8.78 Å². The highest BCUT2D eigenvalue weighted by Gasteiger charge is 2.17. The van der Waals surface area contributed by atoms with Crippen molar-refractivity contribution in [2.45, 2.75) is 52.1 Å². The molecule has 1 amide bonds. The Balaban J connectivity index is 2.51. The average molecular weight is 298 g/mol. The molecule has 3 unspecified atom stereocenters. The van der Waals surface area contributed by atoms with Gasteiger partial charge in [0, 0.05) is 12.0 Å². The minimum Gasteiger partial charge on any atom is -0.349 e. The molecule has 5 heteroatoms. The molecule has 3 atom stereocenters. The third-order valence-corrected chi connectivity index (χ3v) is 3.55. The maximum Gasteiger partial charge on any atom is 0.223 e. The molecule has 0 heterocycles. The highest BCUT2D eigenvalue weighted by Crippen LogP contribution is 2.17. The molecule has 3 nitrogen and oxygen atoms in total. The zero-order chi connectivity index (χ0) is 16.0. The van der Waals surface area contributed by atoms with Crippen molar-refractivity contribution in [3.63, 3.8) is 0 Å². The van der Waals surface area contributed by atoms with Crippen LogP contribution in [0.1, 0.15) is 51.6 Å². The number of halogens is 2. The lowest BCUT2D eigenvalue weighted by molar-refractivity contribution is -0.125. The van der Waals surface area contributed by atoms with E-state index in [9.17, 15) is 13.6 Å². The Morgan fingerprint density at radius 2 is 1.86 bits per heavy atom. The molecule has 21 heavy (non-hydrogen) atoms. The smallest absolute Gasteiger partial charge is 0.223 e. The summed E-state index contributed by atoms with van der Waals surface area (Å²) in [5, 5.41) is 2.82. The number of nitrogens with one attached hydrogen (secondary N) is 1. The molecule has 1 aromatic carbocycles. The first kappa shape index (κ1) is 17.6. The van der Waals surface area contributed by atoms with Crippen molar-refractivity contribution in [2.24, 2.45) is 11.7 Å². The van der Waals surface area contributed by atoms with E-state index in [0.717, 1.165) is 31.4 Å². The number of hydrogen-bond acceptors (Lipinski definition) is 2. The first-order valence-corrected chi connectivity index (χ1v) is 7.32. The second-order valence-corrected chi connectivity index (χ2v) is 5.71. The van der Waals surface area contributed by atoms with E-state index in [-0.39, 0.29) is 23.9 Å². The van der Waals surface area contributed by atoms with Crippen LogP contribution in [-0.4, -0.2) is 11.9 Å². The van der Waals surface area contributed by atoms with Crippen molar-refractivity contribution in [2.75, 3.05) is 0 Å². The molecule has 0 radical (unpaired) electrons. The fraction of sp³-hybridized carbons (Fsp3) is 0.562. The molecule has 118 valence electrons. The minimum absolute atomic E-state index is 0.0862. The van der Waals surface area contributed by atoms with Crippen LogP contribution >= 0.6 is 0 Å².